The second-order valence-electron chi connectivity index (χ2n) is 3.91. The average molecular weight is 338 g/mol. The molecule has 0 bridgehead atoms. The van der Waals surface area contributed by atoms with Crippen LogP contribution in [0, 0.1) is 0 Å². The minimum atomic E-state index is -4.79. The first kappa shape index (κ1) is 20.8. The third-order valence-electron chi connectivity index (χ3n) is 2.29. The zero-order valence-electron chi connectivity index (χ0n) is 13.0. The predicted molar refractivity (Wildman–Crippen MR) is 74.3 cm³/mol. The fourth-order valence-corrected chi connectivity index (χ4v) is 2.02. The number of para-hydroxylation sites is 1. The third kappa shape index (κ3) is 7.19. The number of rotatable bonds is 7. The molecule has 0 fully saturated rings. The molecule has 0 radical (unpaired) electrons. The van der Waals surface area contributed by atoms with Gasteiger partial charge in [0.25, 0.3) is 10.1 Å². The van der Waals surface area contributed by atoms with Crippen molar-refractivity contribution in [2.75, 3.05) is 6.61 Å². The van der Waals surface area contributed by atoms with Crippen LogP contribution in [-0.4, -0.2) is 36.8 Å². The largest absolute Gasteiger partial charge is 1.00 e. The molecule has 0 amide bonds. The summed E-state index contributed by atoms with van der Waals surface area (Å²) in [6.07, 6.45) is 0.366. The second kappa shape index (κ2) is 9.75. The van der Waals surface area contributed by atoms with E-state index in [9.17, 15) is 18.0 Å². The van der Waals surface area contributed by atoms with Crippen LogP contribution >= 0.6 is 0 Å². The fraction of sp³-hybridized carbons (Fsp3) is 0.231. The van der Waals surface area contributed by atoms with Gasteiger partial charge in [-0.15, -0.1) is 0 Å². The van der Waals surface area contributed by atoms with Crippen LogP contribution in [0.25, 0.3) is 0 Å². The topological polar surface area (TPSA) is 107 Å². The van der Waals surface area contributed by atoms with E-state index in [2.05, 4.69) is 11.3 Å². The van der Waals surface area contributed by atoms with Crippen molar-refractivity contribution in [2.24, 2.45) is 0 Å². The van der Waals surface area contributed by atoms with Crippen molar-refractivity contribution < 1.29 is 63.0 Å². The van der Waals surface area contributed by atoms with Crippen molar-refractivity contribution in [1.29, 1.82) is 0 Å². The number of carbonyl (C=O) groups excluding carboxylic acids is 2. The van der Waals surface area contributed by atoms with Gasteiger partial charge < -0.3 is 10.9 Å². The van der Waals surface area contributed by atoms with Gasteiger partial charge in [0.1, 0.15) is 12.4 Å². The maximum Gasteiger partial charge on any atom is 1.00 e. The van der Waals surface area contributed by atoms with E-state index in [-0.39, 0.29) is 43.3 Å². The quantitative estimate of drug-likeness (QED) is 0.203. The molecule has 116 valence electrons. The molecule has 0 aliphatic heterocycles. The minimum Gasteiger partial charge on any atom is -1.00 e. The van der Waals surface area contributed by atoms with E-state index < -0.39 is 33.7 Å². The Morgan fingerprint density at radius 1 is 1.32 bits per heavy atom. The number of esters is 2. The van der Waals surface area contributed by atoms with Gasteiger partial charge in [0.15, 0.2) is 5.25 Å². The zero-order chi connectivity index (χ0) is 15.9. The summed E-state index contributed by atoms with van der Waals surface area (Å²) < 4.78 is 40.7. The molecule has 22 heavy (non-hydrogen) atoms. The van der Waals surface area contributed by atoms with E-state index in [4.69, 9.17) is 9.29 Å². The molecule has 0 spiro atoms. The molecule has 1 atom stereocenters. The minimum absolute atomic E-state index is 0. The summed E-state index contributed by atoms with van der Waals surface area (Å²) in [6.45, 7) is 3.05. The van der Waals surface area contributed by atoms with Crippen molar-refractivity contribution in [1.82, 2.24) is 0 Å². The molecule has 0 aliphatic carbocycles. The van der Waals surface area contributed by atoms with Crippen LogP contribution < -0.4 is 34.3 Å². The van der Waals surface area contributed by atoms with E-state index in [1.807, 2.05) is 0 Å². The molecule has 1 rings (SSSR count). The summed E-state index contributed by atoms with van der Waals surface area (Å²) in [5.74, 6) is -2.04. The first-order valence-corrected chi connectivity index (χ1v) is 7.34. The fourth-order valence-electron chi connectivity index (χ4n) is 1.36. The van der Waals surface area contributed by atoms with E-state index in [1.54, 1.807) is 18.2 Å². The van der Waals surface area contributed by atoms with Crippen LogP contribution in [0.5, 0.6) is 5.75 Å². The Balaban J connectivity index is 0. The molecule has 7 nitrogen and oxygen atoms in total. The zero-order valence-corrected chi connectivity index (χ0v) is 14.8. The Kier molecular flexibility index (Phi) is 9.22. The van der Waals surface area contributed by atoms with Crippen LogP contribution in [0.15, 0.2) is 43.0 Å². The first-order chi connectivity index (χ1) is 9.84. The molecular weight excluding hydrogens is 323 g/mol. The molecule has 1 unspecified atom stereocenters. The molecule has 0 saturated carbocycles. The van der Waals surface area contributed by atoms with Gasteiger partial charge in [-0.05, 0) is 12.1 Å². The number of hydrogen-bond acceptors (Lipinski definition) is 6. The van der Waals surface area contributed by atoms with Gasteiger partial charge in [-0.1, -0.05) is 30.9 Å². The molecule has 0 aromatic heterocycles. The third-order valence-corrected chi connectivity index (χ3v) is 3.37. The Morgan fingerprint density at radius 3 is 2.41 bits per heavy atom. The van der Waals surface area contributed by atoms with Gasteiger partial charge in [-0.25, -0.2) is 0 Å². The molecule has 0 aliphatic rings. The van der Waals surface area contributed by atoms with E-state index in [1.165, 1.54) is 18.2 Å². The maximum atomic E-state index is 11.6. The van der Waals surface area contributed by atoms with Gasteiger partial charge >= 0.3 is 41.5 Å². The first-order valence-electron chi connectivity index (χ1n) is 5.84. The number of carbonyl (C=O) groups is 2. The van der Waals surface area contributed by atoms with Crippen LogP contribution in [0.4, 0.5) is 0 Å². The van der Waals surface area contributed by atoms with Gasteiger partial charge in [0.2, 0.25) is 0 Å². The molecule has 9 heteroatoms. The molecule has 1 aromatic carbocycles. The monoisotopic (exact) mass is 338 g/mol. The van der Waals surface area contributed by atoms with Crippen molar-refractivity contribution in [2.45, 2.75) is 11.7 Å². The Morgan fingerprint density at radius 2 is 1.91 bits per heavy atom. The SMILES string of the molecule is C=CCOC(=O)C(CC(=O)Oc1ccccc1)S(=O)(=O)O.[H-].[Na+]. The van der Waals surface area contributed by atoms with E-state index in [0.717, 1.165) is 0 Å². The van der Waals surface area contributed by atoms with E-state index >= 15 is 0 Å². The molecule has 0 saturated heterocycles. The van der Waals surface area contributed by atoms with Crippen molar-refractivity contribution in [3.05, 3.63) is 43.0 Å². The van der Waals surface area contributed by atoms with Crippen LogP contribution in [0.1, 0.15) is 7.85 Å². The number of hydrogen-bond donors (Lipinski definition) is 1. The normalized spacial score (nSPS) is 11.7. The summed E-state index contributed by atoms with van der Waals surface area (Å²) >= 11 is 0. The second-order valence-corrected chi connectivity index (χ2v) is 5.51. The van der Waals surface area contributed by atoms with Crippen LogP contribution in [0.2, 0.25) is 0 Å². The van der Waals surface area contributed by atoms with Crippen molar-refractivity contribution >= 4 is 22.1 Å². The van der Waals surface area contributed by atoms with E-state index in [0.29, 0.717) is 0 Å². The van der Waals surface area contributed by atoms with Crippen LogP contribution in [-0.2, 0) is 24.4 Å². The van der Waals surface area contributed by atoms with Gasteiger partial charge in [0.05, 0.1) is 6.42 Å². The average Bonchev–Trinajstić information content (AvgIpc) is 2.42. The molecular formula is C13H15NaO7S. The molecule has 0 heterocycles. The summed E-state index contributed by atoms with van der Waals surface area (Å²) in [5.41, 5.74) is 0. The Labute approximate surface area is 151 Å². The summed E-state index contributed by atoms with van der Waals surface area (Å²) in [4.78, 5) is 23.1. The number of ether oxygens (including phenoxy) is 2. The maximum absolute atomic E-state index is 11.6. The van der Waals surface area contributed by atoms with Gasteiger partial charge in [-0.2, -0.15) is 8.42 Å². The predicted octanol–water partition coefficient (Wildman–Crippen LogP) is -1.92. The van der Waals surface area contributed by atoms with Crippen molar-refractivity contribution in [3.8, 4) is 5.75 Å². The van der Waals surface area contributed by atoms with Crippen molar-refractivity contribution in [3.63, 3.8) is 0 Å². The standard InChI is InChI=1S/C13H14O7S.Na.H/c1-2-8-19-13(15)11(21(16,17)18)9-12(14)20-10-6-4-3-5-7-10;;/h2-7,11H,1,8-9H2,(H,16,17,18);;/q;+1;-1. The Hall–Kier alpha value is -1.19. The van der Waals surface area contributed by atoms with Crippen LogP contribution in [0.3, 0.4) is 0 Å². The van der Waals surface area contributed by atoms with Gasteiger partial charge in [0, 0.05) is 0 Å². The number of benzene rings is 1. The molecule has 1 N–H and O–H groups in total. The summed E-state index contributed by atoms with van der Waals surface area (Å²) in [7, 11) is -4.79. The molecule has 1 aromatic rings. The summed E-state index contributed by atoms with van der Waals surface area (Å²) in [5, 5.41) is -2.03. The Bertz CT molecular complexity index is 618. The summed E-state index contributed by atoms with van der Waals surface area (Å²) in [6, 6.07) is 7.89. The smallest absolute Gasteiger partial charge is 1.00 e. The van der Waals surface area contributed by atoms with Gasteiger partial charge in [-0.3, -0.25) is 14.1 Å².